The molecule has 0 aromatic rings. The first-order chi connectivity index (χ1) is 9.54. The van der Waals surface area contributed by atoms with E-state index in [1.807, 2.05) is 4.90 Å². The minimum atomic E-state index is -3.05. The highest BCUT2D eigenvalue weighted by Gasteiger charge is 2.49. The second-order valence-electron chi connectivity index (χ2n) is 6.47. The molecule has 2 heterocycles. The Morgan fingerprint density at radius 3 is 2.48 bits per heavy atom. The predicted octanol–water partition coefficient (Wildman–Crippen LogP) is 1.12. The number of halogens is 1. The number of amides is 1. The molecule has 1 amide bonds. The molecule has 3 aliphatic rings. The molecule has 3 rings (SSSR count). The van der Waals surface area contributed by atoms with Crippen LogP contribution in [0.2, 0.25) is 0 Å². The van der Waals surface area contributed by atoms with Gasteiger partial charge in [0, 0.05) is 13.1 Å². The third-order valence-corrected chi connectivity index (χ3v) is 7.78. The van der Waals surface area contributed by atoms with Crippen LogP contribution in [0.15, 0.2) is 0 Å². The second kappa shape index (κ2) is 6.42. The summed E-state index contributed by atoms with van der Waals surface area (Å²) in [5, 5.41) is 3.23. The molecule has 1 saturated carbocycles. The summed E-state index contributed by atoms with van der Waals surface area (Å²) >= 11 is 0. The van der Waals surface area contributed by atoms with Crippen molar-refractivity contribution in [1.82, 2.24) is 10.2 Å². The van der Waals surface area contributed by atoms with Gasteiger partial charge in [-0.2, -0.15) is 0 Å². The lowest BCUT2D eigenvalue weighted by Crippen LogP contribution is -2.60. The van der Waals surface area contributed by atoms with Gasteiger partial charge in [-0.3, -0.25) is 4.79 Å². The Morgan fingerprint density at radius 1 is 1.14 bits per heavy atom. The van der Waals surface area contributed by atoms with Crippen molar-refractivity contribution in [2.75, 3.05) is 25.4 Å². The zero-order valence-corrected chi connectivity index (χ0v) is 14.0. The number of hydrogen-bond donors (Lipinski definition) is 1. The molecule has 0 aromatic carbocycles. The molecule has 5 nitrogen and oxygen atoms in total. The Bertz CT molecular complexity index is 482. The molecule has 1 N–H and O–H groups in total. The van der Waals surface area contributed by atoms with Gasteiger partial charge in [-0.15, -0.1) is 12.4 Å². The van der Waals surface area contributed by atoms with E-state index in [4.69, 9.17) is 0 Å². The highest BCUT2D eigenvalue weighted by atomic mass is 35.5. The molecule has 7 heteroatoms. The number of nitrogens with zero attached hydrogens (tertiary/aromatic N) is 1. The van der Waals surface area contributed by atoms with Crippen molar-refractivity contribution < 1.29 is 13.2 Å². The standard InChI is InChI=1S/C14H24N2O3S.ClH/c17-13(12-5-4-8-15-12)16-9-10-20(18,19)14(11-16)6-2-1-3-7-14;/h12,15H,1-11H2;1H. The van der Waals surface area contributed by atoms with E-state index in [-0.39, 0.29) is 30.1 Å². The average Bonchev–Trinajstić information content (AvgIpc) is 2.96. The van der Waals surface area contributed by atoms with Gasteiger partial charge >= 0.3 is 0 Å². The minimum Gasteiger partial charge on any atom is -0.339 e. The van der Waals surface area contributed by atoms with Crippen LogP contribution in [-0.2, 0) is 14.6 Å². The SMILES string of the molecule is Cl.O=C(C1CCCN1)N1CCS(=O)(=O)C2(CCCCC2)C1. The van der Waals surface area contributed by atoms with Crippen molar-refractivity contribution in [1.29, 1.82) is 0 Å². The van der Waals surface area contributed by atoms with E-state index in [1.165, 1.54) is 0 Å². The van der Waals surface area contributed by atoms with Crippen LogP contribution in [0.5, 0.6) is 0 Å². The third-order valence-electron chi connectivity index (χ3n) is 5.20. The van der Waals surface area contributed by atoms with E-state index in [9.17, 15) is 13.2 Å². The molecular weight excluding hydrogens is 312 g/mol. The summed E-state index contributed by atoms with van der Waals surface area (Å²) in [5.74, 6) is 0.258. The summed E-state index contributed by atoms with van der Waals surface area (Å²) < 4.78 is 24.3. The number of carbonyl (C=O) groups excluding carboxylic acids is 1. The number of rotatable bonds is 1. The molecule has 1 atom stereocenters. The lowest BCUT2D eigenvalue weighted by atomic mass is 9.87. The summed E-state index contributed by atoms with van der Waals surface area (Å²) in [6, 6.07) is -0.0866. The predicted molar refractivity (Wildman–Crippen MR) is 84.5 cm³/mol. The van der Waals surface area contributed by atoms with E-state index >= 15 is 0 Å². The minimum absolute atomic E-state index is 0. The van der Waals surface area contributed by atoms with Gasteiger partial charge in [0.25, 0.3) is 0 Å². The Labute approximate surface area is 133 Å². The molecule has 21 heavy (non-hydrogen) atoms. The van der Waals surface area contributed by atoms with Crippen LogP contribution in [0, 0.1) is 0 Å². The molecule has 3 fully saturated rings. The number of sulfone groups is 1. The summed E-state index contributed by atoms with van der Waals surface area (Å²) in [4.78, 5) is 14.3. The third kappa shape index (κ3) is 3.08. The van der Waals surface area contributed by atoms with Crippen molar-refractivity contribution >= 4 is 28.2 Å². The van der Waals surface area contributed by atoms with Crippen molar-refractivity contribution in [2.24, 2.45) is 0 Å². The van der Waals surface area contributed by atoms with Crippen LogP contribution in [0.25, 0.3) is 0 Å². The van der Waals surface area contributed by atoms with Crippen LogP contribution in [0.4, 0.5) is 0 Å². The molecule has 1 spiro atoms. The molecule has 0 radical (unpaired) electrons. The quantitative estimate of drug-likeness (QED) is 0.779. The van der Waals surface area contributed by atoms with Gasteiger partial charge in [-0.05, 0) is 32.2 Å². The summed E-state index contributed by atoms with van der Waals surface area (Å²) in [7, 11) is -3.05. The van der Waals surface area contributed by atoms with Crippen molar-refractivity contribution in [3.05, 3.63) is 0 Å². The normalized spacial score (nSPS) is 30.9. The van der Waals surface area contributed by atoms with Gasteiger partial charge in [0.2, 0.25) is 5.91 Å². The monoisotopic (exact) mass is 336 g/mol. The van der Waals surface area contributed by atoms with Crippen LogP contribution in [-0.4, -0.2) is 55.4 Å². The van der Waals surface area contributed by atoms with Gasteiger partial charge in [0.1, 0.15) is 0 Å². The van der Waals surface area contributed by atoms with E-state index in [0.29, 0.717) is 13.1 Å². The zero-order chi connectivity index (χ0) is 14.2. The van der Waals surface area contributed by atoms with Crippen LogP contribution >= 0.6 is 12.4 Å². The summed E-state index contributed by atoms with van der Waals surface area (Å²) in [6.07, 6.45) is 6.46. The largest absolute Gasteiger partial charge is 0.339 e. The zero-order valence-electron chi connectivity index (χ0n) is 12.3. The van der Waals surface area contributed by atoms with Gasteiger partial charge in [-0.25, -0.2) is 8.42 Å². The van der Waals surface area contributed by atoms with Gasteiger partial charge in [-0.1, -0.05) is 19.3 Å². The van der Waals surface area contributed by atoms with Crippen molar-refractivity contribution in [3.8, 4) is 0 Å². The van der Waals surface area contributed by atoms with E-state index in [2.05, 4.69) is 5.32 Å². The van der Waals surface area contributed by atoms with Crippen LogP contribution in [0.1, 0.15) is 44.9 Å². The highest BCUT2D eigenvalue weighted by Crippen LogP contribution is 2.38. The average molecular weight is 337 g/mol. The highest BCUT2D eigenvalue weighted by molar-refractivity contribution is 7.92. The van der Waals surface area contributed by atoms with Crippen LogP contribution in [0.3, 0.4) is 0 Å². The maximum absolute atomic E-state index is 12.5. The van der Waals surface area contributed by atoms with E-state index in [0.717, 1.165) is 51.5 Å². The topological polar surface area (TPSA) is 66.5 Å². The molecule has 0 bridgehead atoms. The number of hydrogen-bond acceptors (Lipinski definition) is 4. The van der Waals surface area contributed by atoms with Gasteiger partial charge < -0.3 is 10.2 Å². The van der Waals surface area contributed by atoms with Gasteiger partial charge in [0.05, 0.1) is 16.5 Å². The summed E-state index contributed by atoms with van der Waals surface area (Å²) in [5.41, 5.74) is 0. The first-order valence-electron chi connectivity index (χ1n) is 7.79. The Balaban J connectivity index is 0.00000161. The van der Waals surface area contributed by atoms with E-state index in [1.54, 1.807) is 0 Å². The fourth-order valence-corrected chi connectivity index (χ4v) is 6.10. The van der Waals surface area contributed by atoms with Crippen LogP contribution < -0.4 is 5.32 Å². The van der Waals surface area contributed by atoms with E-state index < -0.39 is 14.6 Å². The molecule has 2 aliphatic heterocycles. The fourth-order valence-electron chi connectivity index (χ4n) is 3.94. The van der Waals surface area contributed by atoms with Crippen molar-refractivity contribution in [3.63, 3.8) is 0 Å². The fraction of sp³-hybridized carbons (Fsp3) is 0.929. The molecule has 122 valence electrons. The Hall–Kier alpha value is -0.330. The maximum Gasteiger partial charge on any atom is 0.239 e. The molecule has 1 aliphatic carbocycles. The first kappa shape index (κ1) is 17.0. The lowest BCUT2D eigenvalue weighted by Gasteiger charge is -2.44. The second-order valence-corrected chi connectivity index (χ2v) is 8.98. The van der Waals surface area contributed by atoms with Crippen molar-refractivity contribution in [2.45, 2.75) is 55.7 Å². The van der Waals surface area contributed by atoms with Gasteiger partial charge in [0.15, 0.2) is 9.84 Å². The molecule has 2 saturated heterocycles. The lowest BCUT2D eigenvalue weighted by molar-refractivity contribution is -0.133. The molecule has 1 unspecified atom stereocenters. The number of nitrogens with one attached hydrogen (secondary N) is 1. The first-order valence-corrected chi connectivity index (χ1v) is 9.44. The Kier molecular flexibility index (Phi) is 5.21. The maximum atomic E-state index is 12.5. The Morgan fingerprint density at radius 2 is 1.86 bits per heavy atom. The summed E-state index contributed by atoms with van der Waals surface area (Å²) in [6.45, 7) is 1.70. The smallest absolute Gasteiger partial charge is 0.239 e. The molecule has 0 aromatic heterocycles. The molecular formula is C14H25ClN2O3S. The number of carbonyl (C=O) groups is 1.